The molecule has 8 heteroatoms. The van der Waals surface area contributed by atoms with E-state index in [4.69, 9.17) is 4.74 Å². The van der Waals surface area contributed by atoms with Crippen molar-refractivity contribution in [3.63, 3.8) is 0 Å². The van der Waals surface area contributed by atoms with Crippen LogP contribution in [0.5, 0.6) is 0 Å². The van der Waals surface area contributed by atoms with E-state index >= 15 is 0 Å². The van der Waals surface area contributed by atoms with Gasteiger partial charge >= 0.3 is 5.97 Å². The SMILES string of the molecule is CCOC(=O)[C@H](CC(C)C)NS(=O)(=O)c1ccc(Cn2ccnc2-c2ccccc2)cc1. The van der Waals surface area contributed by atoms with Gasteiger partial charge in [0.1, 0.15) is 11.9 Å². The Hall–Kier alpha value is -2.97. The van der Waals surface area contributed by atoms with Gasteiger partial charge in [0.25, 0.3) is 0 Å². The number of carbonyl (C=O) groups excluding carboxylic acids is 1. The minimum atomic E-state index is -3.87. The minimum absolute atomic E-state index is 0.105. The number of imidazole rings is 1. The zero-order valence-electron chi connectivity index (χ0n) is 18.6. The number of sulfonamides is 1. The van der Waals surface area contributed by atoms with Gasteiger partial charge < -0.3 is 9.30 Å². The Morgan fingerprint density at radius 3 is 2.41 bits per heavy atom. The van der Waals surface area contributed by atoms with E-state index in [2.05, 4.69) is 9.71 Å². The Morgan fingerprint density at radius 2 is 1.78 bits per heavy atom. The lowest BCUT2D eigenvalue weighted by atomic mass is 10.1. The third-order valence-electron chi connectivity index (χ3n) is 4.91. The fourth-order valence-corrected chi connectivity index (χ4v) is 4.61. The number of nitrogens with one attached hydrogen (secondary N) is 1. The molecule has 3 aromatic rings. The molecule has 0 aliphatic heterocycles. The van der Waals surface area contributed by atoms with E-state index in [1.54, 1.807) is 37.4 Å². The fraction of sp³-hybridized carbons (Fsp3) is 0.333. The quantitative estimate of drug-likeness (QED) is 0.469. The van der Waals surface area contributed by atoms with E-state index in [0.29, 0.717) is 13.0 Å². The van der Waals surface area contributed by atoms with Gasteiger partial charge in [-0.05, 0) is 37.0 Å². The molecular weight excluding hydrogens is 426 g/mol. The average molecular weight is 456 g/mol. The summed E-state index contributed by atoms with van der Waals surface area (Å²) in [7, 11) is -3.87. The number of aromatic nitrogens is 2. The van der Waals surface area contributed by atoms with E-state index in [1.165, 1.54) is 0 Å². The maximum atomic E-state index is 12.9. The van der Waals surface area contributed by atoms with Crippen molar-refractivity contribution in [2.45, 2.75) is 44.7 Å². The molecule has 1 N–H and O–H groups in total. The molecule has 2 aromatic carbocycles. The van der Waals surface area contributed by atoms with E-state index in [0.717, 1.165) is 17.0 Å². The summed E-state index contributed by atoms with van der Waals surface area (Å²) in [5, 5.41) is 0. The number of ether oxygens (including phenoxy) is 1. The van der Waals surface area contributed by atoms with Crippen molar-refractivity contribution >= 4 is 16.0 Å². The van der Waals surface area contributed by atoms with Crippen LogP contribution in [-0.4, -0.2) is 36.6 Å². The van der Waals surface area contributed by atoms with Crippen LogP contribution in [0.25, 0.3) is 11.4 Å². The molecule has 0 amide bonds. The van der Waals surface area contributed by atoms with Crippen LogP contribution in [0.1, 0.15) is 32.8 Å². The van der Waals surface area contributed by atoms with Crippen LogP contribution in [0.15, 0.2) is 71.9 Å². The standard InChI is InChI=1S/C24H29N3O4S/c1-4-31-24(28)22(16-18(2)3)26-32(29,30)21-12-10-19(11-13-21)17-27-15-14-25-23(27)20-8-6-5-7-9-20/h5-15,18,22,26H,4,16-17H2,1-3H3/t22-/m0/s1. The molecule has 0 saturated carbocycles. The van der Waals surface area contributed by atoms with Gasteiger partial charge in [-0.3, -0.25) is 4.79 Å². The van der Waals surface area contributed by atoms with Crippen molar-refractivity contribution < 1.29 is 17.9 Å². The van der Waals surface area contributed by atoms with Gasteiger partial charge in [-0.25, -0.2) is 13.4 Å². The fourth-order valence-electron chi connectivity index (χ4n) is 3.42. The summed E-state index contributed by atoms with van der Waals surface area (Å²) >= 11 is 0. The number of hydrogen-bond donors (Lipinski definition) is 1. The largest absolute Gasteiger partial charge is 0.465 e. The lowest BCUT2D eigenvalue weighted by molar-refractivity contribution is -0.145. The molecule has 3 rings (SSSR count). The van der Waals surface area contributed by atoms with Crippen molar-refractivity contribution in [1.82, 2.24) is 14.3 Å². The number of hydrogen-bond acceptors (Lipinski definition) is 5. The first-order chi connectivity index (χ1) is 15.3. The van der Waals surface area contributed by atoms with Crippen LogP contribution in [0.3, 0.4) is 0 Å². The molecule has 0 saturated heterocycles. The topological polar surface area (TPSA) is 90.3 Å². The summed E-state index contributed by atoms with van der Waals surface area (Å²) in [5.41, 5.74) is 1.94. The third kappa shape index (κ3) is 6.05. The molecule has 1 aromatic heterocycles. The van der Waals surface area contributed by atoms with Crippen LogP contribution in [0.4, 0.5) is 0 Å². The van der Waals surface area contributed by atoms with Gasteiger partial charge in [0.05, 0.1) is 11.5 Å². The van der Waals surface area contributed by atoms with E-state index in [-0.39, 0.29) is 17.4 Å². The van der Waals surface area contributed by atoms with Gasteiger partial charge in [0.2, 0.25) is 10.0 Å². The molecule has 1 heterocycles. The van der Waals surface area contributed by atoms with Crippen LogP contribution >= 0.6 is 0 Å². The molecule has 1 atom stereocenters. The predicted octanol–water partition coefficient (Wildman–Crippen LogP) is 3.85. The van der Waals surface area contributed by atoms with Gasteiger partial charge in [0.15, 0.2) is 0 Å². The highest BCUT2D eigenvalue weighted by Crippen LogP contribution is 2.19. The second-order valence-corrected chi connectivity index (χ2v) is 9.66. The Balaban J connectivity index is 1.75. The lowest BCUT2D eigenvalue weighted by Gasteiger charge is -2.19. The summed E-state index contributed by atoms with van der Waals surface area (Å²) in [5.74, 6) is 0.411. The monoisotopic (exact) mass is 455 g/mol. The molecule has 7 nitrogen and oxygen atoms in total. The zero-order valence-corrected chi connectivity index (χ0v) is 19.4. The first-order valence-electron chi connectivity index (χ1n) is 10.6. The van der Waals surface area contributed by atoms with E-state index < -0.39 is 22.0 Å². The summed E-state index contributed by atoms with van der Waals surface area (Å²) in [6.45, 7) is 6.30. The molecule has 0 aliphatic rings. The smallest absolute Gasteiger partial charge is 0.324 e. The Labute approximate surface area is 189 Å². The number of esters is 1. The summed E-state index contributed by atoms with van der Waals surface area (Å²) in [6.07, 6.45) is 4.00. The maximum absolute atomic E-state index is 12.9. The predicted molar refractivity (Wildman–Crippen MR) is 123 cm³/mol. The second-order valence-electron chi connectivity index (χ2n) is 7.94. The van der Waals surface area contributed by atoms with Crippen molar-refractivity contribution in [3.05, 3.63) is 72.6 Å². The van der Waals surface area contributed by atoms with Crippen molar-refractivity contribution in [1.29, 1.82) is 0 Å². The second kappa shape index (κ2) is 10.6. The highest BCUT2D eigenvalue weighted by molar-refractivity contribution is 7.89. The normalized spacial score (nSPS) is 12.6. The van der Waals surface area contributed by atoms with Crippen molar-refractivity contribution in [2.24, 2.45) is 5.92 Å². The van der Waals surface area contributed by atoms with Gasteiger partial charge in [-0.2, -0.15) is 4.72 Å². The lowest BCUT2D eigenvalue weighted by Crippen LogP contribution is -2.42. The van der Waals surface area contributed by atoms with Crippen molar-refractivity contribution in [2.75, 3.05) is 6.61 Å². The number of nitrogens with zero attached hydrogens (tertiary/aromatic N) is 2. The number of benzene rings is 2. The first-order valence-corrected chi connectivity index (χ1v) is 12.1. The van der Waals surface area contributed by atoms with Crippen LogP contribution in [0, 0.1) is 5.92 Å². The van der Waals surface area contributed by atoms with Crippen molar-refractivity contribution in [3.8, 4) is 11.4 Å². The van der Waals surface area contributed by atoms with Crippen LogP contribution < -0.4 is 4.72 Å². The average Bonchev–Trinajstić information content (AvgIpc) is 3.22. The molecule has 32 heavy (non-hydrogen) atoms. The van der Waals surface area contributed by atoms with E-state index in [9.17, 15) is 13.2 Å². The van der Waals surface area contributed by atoms with Gasteiger partial charge in [0, 0.05) is 24.5 Å². The molecule has 170 valence electrons. The maximum Gasteiger partial charge on any atom is 0.324 e. The van der Waals surface area contributed by atoms with Gasteiger partial charge in [-0.1, -0.05) is 56.3 Å². The molecular formula is C24H29N3O4S. The Bertz CT molecular complexity index is 1120. The Kier molecular flexibility index (Phi) is 7.82. The number of rotatable bonds is 10. The minimum Gasteiger partial charge on any atom is -0.465 e. The molecule has 0 aliphatic carbocycles. The Morgan fingerprint density at radius 1 is 1.09 bits per heavy atom. The third-order valence-corrected chi connectivity index (χ3v) is 6.40. The molecule has 0 radical (unpaired) electrons. The van der Waals surface area contributed by atoms with Gasteiger partial charge in [-0.15, -0.1) is 0 Å². The molecule has 0 bridgehead atoms. The zero-order chi connectivity index (χ0) is 23.1. The highest BCUT2D eigenvalue weighted by Gasteiger charge is 2.27. The summed E-state index contributed by atoms with van der Waals surface area (Å²) in [4.78, 5) is 16.8. The van der Waals surface area contributed by atoms with Crippen LogP contribution in [-0.2, 0) is 26.1 Å². The molecule has 0 spiro atoms. The van der Waals surface area contributed by atoms with E-state index in [1.807, 2.05) is 54.9 Å². The van der Waals surface area contributed by atoms with Crippen LogP contribution in [0.2, 0.25) is 0 Å². The number of carbonyl (C=O) groups is 1. The molecule has 0 fully saturated rings. The molecule has 0 unspecified atom stereocenters. The first kappa shape index (κ1) is 23.7. The summed E-state index contributed by atoms with van der Waals surface area (Å²) in [6, 6.07) is 15.6. The highest BCUT2D eigenvalue weighted by atomic mass is 32.2. The summed E-state index contributed by atoms with van der Waals surface area (Å²) < 4.78 is 35.3.